The summed E-state index contributed by atoms with van der Waals surface area (Å²) in [5.74, 6) is 2.45. The van der Waals surface area contributed by atoms with Crippen molar-refractivity contribution in [3.8, 4) is 56.4 Å². The molecular weight excluding hydrogens is 737 g/mol. The third-order valence-corrected chi connectivity index (χ3v) is 13.7. The average Bonchev–Trinajstić information content (AvgIpc) is 3.82. The smallest absolute Gasteiger partial charge is 0.161 e. The number of benzene rings is 9. The van der Waals surface area contributed by atoms with Gasteiger partial charge in [0.15, 0.2) is 5.82 Å². The zero-order chi connectivity index (χ0) is 38.7. The van der Waals surface area contributed by atoms with E-state index in [9.17, 15) is 0 Å². The molecule has 0 fully saturated rings. The Morgan fingerprint density at radius 1 is 0.407 bits per heavy atom. The van der Waals surface area contributed by atoms with E-state index in [-0.39, 0.29) is 0 Å². The van der Waals surface area contributed by atoms with Crippen molar-refractivity contribution >= 4 is 53.2 Å². The lowest BCUT2D eigenvalue weighted by atomic mass is 9.66. The van der Waals surface area contributed by atoms with Gasteiger partial charge in [0.05, 0.1) is 21.3 Å². The first-order chi connectivity index (χ1) is 29.3. The molecule has 0 radical (unpaired) electrons. The number of ether oxygens (including phenoxy) is 1. The molecule has 9 aromatic carbocycles. The number of fused-ring (bicyclic) bond motifs is 14. The number of aromatic nitrogens is 2. The van der Waals surface area contributed by atoms with Gasteiger partial charge in [-0.25, -0.2) is 9.97 Å². The van der Waals surface area contributed by atoms with E-state index in [1.807, 2.05) is 0 Å². The lowest BCUT2D eigenvalue weighted by Gasteiger charge is -2.39. The minimum Gasteiger partial charge on any atom is -0.457 e. The van der Waals surface area contributed by atoms with Crippen LogP contribution in [-0.2, 0) is 5.41 Å². The van der Waals surface area contributed by atoms with Gasteiger partial charge in [0.1, 0.15) is 11.5 Å². The van der Waals surface area contributed by atoms with E-state index >= 15 is 0 Å². The number of hydrogen-bond acceptors (Lipinski definition) is 4. The van der Waals surface area contributed by atoms with Crippen LogP contribution in [0.2, 0.25) is 0 Å². The number of thiophene rings is 1. The summed E-state index contributed by atoms with van der Waals surface area (Å²) in [7, 11) is 0. The predicted octanol–water partition coefficient (Wildman–Crippen LogP) is 14.6. The molecular formula is C55H32N2OS. The number of hydrogen-bond donors (Lipinski definition) is 0. The predicted molar refractivity (Wildman–Crippen MR) is 244 cm³/mol. The van der Waals surface area contributed by atoms with Crippen LogP contribution < -0.4 is 4.74 Å². The number of nitrogens with zero attached hydrogens (tertiary/aromatic N) is 2. The number of para-hydroxylation sites is 1. The zero-order valence-electron chi connectivity index (χ0n) is 31.7. The second-order valence-electron chi connectivity index (χ2n) is 15.5. The second kappa shape index (κ2) is 12.3. The van der Waals surface area contributed by atoms with Crippen LogP contribution in [0.1, 0.15) is 22.3 Å². The Morgan fingerprint density at radius 2 is 0.949 bits per heavy atom. The lowest BCUT2D eigenvalue weighted by molar-refractivity contribution is 0.436. The molecule has 2 aromatic heterocycles. The van der Waals surface area contributed by atoms with Crippen LogP contribution in [0.25, 0.3) is 86.7 Å². The lowest BCUT2D eigenvalue weighted by Crippen LogP contribution is -2.32. The maximum Gasteiger partial charge on any atom is 0.161 e. The van der Waals surface area contributed by atoms with Gasteiger partial charge in [0.25, 0.3) is 0 Å². The Morgan fingerprint density at radius 3 is 1.64 bits per heavy atom. The fourth-order valence-electron chi connectivity index (χ4n) is 10.2. The topological polar surface area (TPSA) is 35.0 Å². The van der Waals surface area contributed by atoms with Crippen molar-refractivity contribution in [2.45, 2.75) is 5.41 Å². The van der Waals surface area contributed by atoms with Crippen molar-refractivity contribution in [1.82, 2.24) is 9.97 Å². The molecule has 0 saturated heterocycles. The van der Waals surface area contributed by atoms with Crippen LogP contribution in [0.5, 0.6) is 11.5 Å². The van der Waals surface area contributed by atoms with Crippen LogP contribution in [-0.4, -0.2) is 9.97 Å². The molecule has 13 rings (SSSR count). The summed E-state index contributed by atoms with van der Waals surface area (Å²) in [4.78, 5) is 11.2. The van der Waals surface area contributed by atoms with Crippen LogP contribution in [0.3, 0.4) is 0 Å². The molecule has 0 atom stereocenters. The SMILES string of the molecule is c1ccc(-c2c3ccccc3c(-c3nc(-c4ccc5c(c4)C4(c6ccccc6O5)c5ccccc5-c5ccccc54)c4sc5ccccc5c4n3)c3ccccc23)cc1. The van der Waals surface area contributed by atoms with Gasteiger partial charge < -0.3 is 4.74 Å². The van der Waals surface area contributed by atoms with E-state index in [1.54, 1.807) is 11.3 Å². The largest absolute Gasteiger partial charge is 0.457 e. The molecule has 1 spiro atoms. The average molecular weight is 769 g/mol. The van der Waals surface area contributed by atoms with Gasteiger partial charge in [-0.2, -0.15) is 0 Å². The van der Waals surface area contributed by atoms with Crippen molar-refractivity contribution < 1.29 is 4.74 Å². The molecule has 3 nitrogen and oxygen atoms in total. The summed E-state index contributed by atoms with van der Waals surface area (Å²) in [6.45, 7) is 0. The van der Waals surface area contributed by atoms with Crippen LogP contribution >= 0.6 is 11.3 Å². The Labute approximate surface area is 344 Å². The molecule has 2 aliphatic rings. The standard InChI is InChI=1S/C55H32N2OS/c1-2-16-33(17-3-1)49-37-20-4-6-22-39(37)50(40-23-7-5-21-38(40)49)54-56-51(53-52(57-54)41-24-10-15-29-48(41)59-53)34-30-31-47-45(32-34)55(44-27-13-14-28-46(44)58-47)42-25-11-8-18-35(42)36-19-9-12-26-43(36)55/h1-32H. The highest BCUT2D eigenvalue weighted by atomic mass is 32.1. The number of rotatable bonds is 3. The monoisotopic (exact) mass is 768 g/mol. The van der Waals surface area contributed by atoms with E-state index in [2.05, 4.69) is 194 Å². The summed E-state index contributed by atoms with van der Waals surface area (Å²) in [6, 6.07) is 69.9. The third kappa shape index (κ3) is 4.47. The molecule has 0 saturated carbocycles. The second-order valence-corrected chi connectivity index (χ2v) is 16.6. The summed E-state index contributed by atoms with van der Waals surface area (Å²) >= 11 is 1.76. The van der Waals surface area contributed by atoms with Crippen molar-refractivity contribution in [1.29, 1.82) is 0 Å². The van der Waals surface area contributed by atoms with Crippen LogP contribution in [0, 0.1) is 0 Å². The molecule has 3 heterocycles. The molecule has 0 amide bonds. The van der Waals surface area contributed by atoms with Gasteiger partial charge in [0.2, 0.25) is 0 Å². The first-order valence-corrected chi connectivity index (χ1v) is 20.9. The van der Waals surface area contributed by atoms with Gasteiger partial charge in [-0.15, -0.1) is 11.3 Å². The maximum absolute atomic E-state index is 6.83. The van der Waals surface area contributed by atoms with Crippen LogP contribution in [0.15, 0.2) is 194 Å². The van der Waals surface area contributed by atoms with Crippen molar-refractivity contribution in [3.05, 3.63) is 216 Å². The van der Waals surface area contributed by atoms with E-state index in [0.717, 1.165) is 65.8 Å². The van der Waals surface area contributed by atoms with Crippen LogP contribution in [0.4, 0.5) is 0 Å². The molecule has 0 bridgehead atoms. The van der Waals surface area contributed by atoms with Gasteiger partial charge >= 0.3 is 0 Å². The summed E-state index contributed by atoms with van der Waals surface area (Å²) < 4.78 is 9.09. The van der Waals surface area contributed by atoms with Gasteiger partial charge in [-0.1, -0.05) is 164 Å². The fraction of sp³-hybridized carbons (Fsp3) is 0.0182. The van der Waals surface area contributed by atoms with E-state index in [4.69, 9.17) is 14.7 Å². The Hall–Kier alpha value is -7.40. The fourth-order valence-corrected chi connectivity index (χ4v) is 11.3. The van der Waals surface area contributed by atoms with E-state index in [1.165, 1.54) is 48.9 Å². The van der Waals surface area contributed by atoms with Gasteiger partial charge in [-0.05, 0) is 85.3 Å². The Bertz CT molecular complexity index is 3450. The zero-order valence-corrected chi connectivity index (χ0v) is 32.5. The summed E-state index contributed by atoms with van der Waals surface area (Å²) in [5, 5.41) is 5.75. The molecule has 274 valence electrons. The maximum atomic E-state index is 6.83. The molecule has 1 aliphatic carbocycles. The summed E-state index contributed by atoms with van der Waals surface area (Å²) in [5.41, 5.74) is 13.1. The molecule has 1 aliphatic heterocycles. The quantitative estimate of drug-likeness (QED) is 0.168. The first kappa shape index (κ1) is 32.7. The van der Waals surface area contributed by atoms with Gasteiger partial charge in [-0.3, -0.25) is 0 Å². The summed E-state index contributed by atoms with van der Waals surface area (Å²) in [6.07, 6.45) is 0. The van der Waals surface area contributed by atoms with Crippen molar-refractivity contribution in [3.63, 3.8) is 0 Å². The van der Waals surface area contributed by atoms with Crippen molar-refractivity contribution in [2.75, 3.05) is 0 Å². The van der Waals surface area contributed by atoms with E-state index < -0.39 is 5.41 Å². The first-order valence-electron chi connectivity index (χ1n) is 20.1. The normalized spacial score (nSPS) is 13.4. The molecule has 11 aromatic rings. The molecule has 4 heteroatoms. The highest BCUT2D eigenvalue weighted by Gasteiger charge is 2.51. The molecule has 0 N–H and O–H groups in total. The highest BCUT2D eigenvalue weighted by Crippen LogP contribution is 2.62. The van der Waals surface area contributed by atoms with E-state index in [0.29, 0.717) is 5.82 Å². The third-order valence-electron chi connectivity index (χ3n) is 12.6. The van der Waals surface area contributed by atoms with Gasteiger partial charge in [0, 0.05) is 32.3 Å². The Kier molecular flexibility index (Phi) is 6.81. The Balaban J connectivity index is 1.13. The molecule has 59 heavy (non-hydrogen) atoms. The minimum absolute atomic E-state index is 0.581. The highest BCUT2D eigenvalue weighted by molar-refractivity contribution is 7.26. The minimum atomic E-state index is -0.581. The molecule has 0 unspecified atom stereocenters. The van der Waals surface area contributed by atoms with Crippen molar-refractivity contribution in [2.24, 2.45) is 0 Å².